The number of nitrogens with two attached hydrogens (primary N) is 1. The van der Waals surface area contributed by atoms with Gasteiger partial charge in [0.15, 0.2) is 5.82 Å². The molecular weight excluding hydrogens is 269 g/mol. The van der Waals surface area contributed by atoms with Crippen molar-refractivity contribution in [1.29, 1.82) is 0 Å². The summed E-state index contributed by atoms with van der Waals surface area (Å²) in [5.41, 5.74) is 5.40. The molecule has 2 N–H and O–H groups in total. The lowest BCUT2D eigenvalue weighted by Crippen LogP contribution is -2.36. The Hall–Kier alpha value is -1.60. The molecule has 1 rings (SSSR count). The standard InChI is InChI=1S/C12H16FN3O2S/c1-18-7-6-16(5-3-11(14)19)12(17)9-2-4-15-8-10(9)13/h2,4,8H,3,5-7H2,1H3,(H2,14,19). The number of rotatable bonds is 7. The Morgan fingerprint density at radius 3 is 2.89 bits per heavy atom. The van der Waals surface area contributed by atoms with Crippen molar-refractivity contribution in [3.8, 4) is 0 Å². The zero-order valence-corrected chi connectivity index (χ0v) is 11.5. The number of amides is 1. The van der Waals surface area contributed by atoms with Crippen LogP contribution in [0.3, 0.4) is 0 Å². The number of hydrogen-bond donors (Lipinski definition) is 1. The summed E-state index contributed by atoms with van der Waals surface area (Å²) in [6.45, 7) is 1.04. The van der Waals surface area contributed by atoms with Crippen molar-refractivity contribution >= 4 is 23.1 Å². The molecule has 19 heavy (non-hydrogen) atoms. The minimum atomic E-state index is -0.648. The van der Waals surface area contributed by atoms with Gasteiger partial charge in [0, 0.05) is 32.8 Å². The fourth-order valence-corrected chi connectivity index (χ4v) is 1.57. The Balaban J connectivity index is 2.81. The average Bonchev–Trinajstić information content (AvgIpc) is 2.38. The summed E-state index contributed by atoms with van der Waals surface area (Å²) in [5, 5.41) is 0. The van der Waals surface area contributed by atoms with Crippen molar-refractivity contribution < 1.29 is 13.9 Å². The summed E-state index contributed by atoms with van der Waals surface area (Å²) in [6, 6.07) is 1.35. The molecule has 0 saturated heterocycles. The second-order valence-electron chi connectivity index (χ2n) is 3.86. The van der Waals surface area contributed by atoms with Gasteiger partial charge in [-0.2, -0.15) is 0 Å². The van der Waals surface area contributed by atoms with E-state index in [2.05, 4.69) is 4.98 Å². The van der Waals surface area contributed by atoms with Crippen LogP contribution in [0.15, 0.2) is 18.5 Å². The molecule has 1 amide bonds. The molecule has 0 aliphatic rings. The molecule has 5 nitrogen and oxygen atoms in total. The monoisotopic (exact) mass is 285 g/mol. The fraction of sp³-hybridized carbons (Fsp3) is 0.417. The quantitative estimate of drug-likeness (QED) is 0.757. The van der Waals surface area contributed by atoms with Crippen molar-refractivity contribution in [3.05, 3.63) is 29.8 Å². The van der Waals surface area contributed by atoms with E-state index in [0.29, 0.717) is 31.1 Å². The van der Waals surface area contributed by atoms with E-state index < -0.39 is 11.7 Å². The molecule has 1 heterocycles. The normalized spacial score (nSPS) is 10.2. The summed E-state index contributed by atoms with van der Waals surface area (Å²) in [4.78, 5) is 17.6. The van der Waals surface area contributed by atoms with Gasteiger partial charge < -0.3 is 15.4 Å². The van der Waals surface area contributed by atoms with E-state index in [4.69, 9.17) is 22.7 Å². The lowest BCUT2D eigenvalue weighted by molar-refractivity contribution is 0.0696. The highest BCUT2D eigenvalue weighted by Gasteiger charge is 2.18. The maximum atomic E-state index is 13.5. The van der Waals surface area contributed by atoms with E-state index in [9.17, 15) is 9.18 Å². The average molecular weight is 285 g/mol. The first-order valence-electron chi connectivity index (χ1n) is 5.72. The summed E-state index contributed by atoms with van der Waals surface area (Å²) in [5.74, 6) is -1.07. The highest BCUT2D eigenvalue weighted by Crippen LogP contribution is 2.09. The molecule has 0 spiro atoms. The molecule has 0 bridgehead atoms. The van der Waals surface area contributed by atoms with Crippen LogP contribution in [-0.4, -0.2) is 47.6 Å². The van der Waals surface area contributed by atoms with E-state index >= 15 is 0 Å². The Morgan fingerprint density at radius 2 is 2.32 bits per heavy atom. The summed E-state index contributed by atoms with van der Waals surface area (Å²) in [6.07, 6.45) is 2.77. The molecule has 0 saturated carbocycles. The van der Waals surface area contributed by atoms with E-state index in [-0.39, 0.29) is 5.56 Å². The third-order valence-corrected chi connectivity index (χ3v) is 2.69. The minimum absolute atomic E-state index is 0.0194. The van der Waals surface area contributed by atoms with Gasteiger partial charge in [0.05, 0.1) is 23.4 Å². The van der Waals surface area contributed by atoms with Crippen molar-refractivity contribution in [1.82, 2.24) is 9.88 Å². The predicted octanol–water partition coefficient (Wildman–Crippen LogP) is 0.986. The molecule has 0 aliphatic carbocycles. The number of nitrogens with zero attached hydrogens (tertiary/aromatic N) is 2. The van der Waals surface area contributed by atoms with Crippen molar-refractivity contribution in [2.45, 2.75) is 6.42 Å². The van der Waals surface area contributed by atoms with Crippen molar-refractivity contribution in [2.24, 2.45) is 5.73 Å². The van der Waals surface area contributed by atoms with Crippen LogP contribution >= 0.6 is 12.2 Å². The van der Waals surface area contributed by atoms with Gasteiger partial charge >= 0.3 is 0 Å². The topological polar surface area (TPSA) is 68.5 Å². The Labute approximate surface area is 116 Å². The van der Waals surface area contributed by atoms with Crippen molar-refractivity contribution in [2.75, 3.05) is 26.8 Å². The van der Waals surface area contributed by atoms with Crippen LogP contribution in [0.2, 0.25) is 0 Å². The number of carbonyl (C=O) groups excluding carboxylic acids is 1. The fourth-order valence-electron chi connectivity index (χ4n) is 1.48. The molecule has 7 heteroatoms. The molecule has 1 aromatic rings. The molecule has 0 unspecified atom stereocenters. The van der Waals surface area contributed by atoms with E-state index in [0.717, 1.165) is 6.20 Å². The van der Waals surface area contributed by atoms with Gasteiger partial charge in [-0.1, -0.05) is 12.2 Å². The van der Waals surface area contributed by atoms with Gasteiger partial charge in [-0.3, -0.25) is 9.78 Å². The third-order valence-electron chi connectivity index (χ3n) is 2.48. The third kappa shape index (κ3) is 4.88. The summed E-state index contributed by atoms with van der Waals surface area (Å²) < 4.78 is 18.5. The molecule has 0 atom stereocenters. The van der Waals surface area contributed by atoms with Gasteiger partial charge in [0.25, 0.3) is 5.91 Å². The van der Waals surface area contributed by atoms with Gasteiger partial charge in [-0.15, -0.1) is 0 Å². The predicted molar refractivity (Wildman–Crippen MR) is 73.4 cm³/mol. The molecule has 0 aliphatic heterocycles. The van der Waals surface area contributed by atoms with Gasteiger partial charge in [0.2, 0.25) is 0 Å². The van der Waals surface area contributed by atoms with Crippen LogP contribution in [0.1, 0.15) is 16.8 Å². The Morgan fingerprint density at radius 1 is 1.58 bits per heavy atom. The number of methoxy groups -OCH3 is 1. The number of ether oxygens (including phenoxy) is 1. The second kappa shape index (κ2) is 7.75. The number of pyridine rings is 1. The van der Waals surface area contributed by atoms with Crippen LogP contribution in [0.5, 0.6) is 0 Å². The van der Waals surface area contributed by atoms with E-state index in [1.807, 2.05) is 0 Å². The maximum Gasteiger partial charge on any atom is 0.257 e. The first kappa shape index (κ1) is 15.5. The maximum absolute atomic E-state index is 13.5. The largest absolute Gasteiger partial charge is 0.393 e. The Bertz CT molecular complexity index is 456. The van der Waals surface area contributed by atoms with Gasteiger partial charge in [-0.05, 0) is 6.07 Å². The second-order valence-corrected chi connectivity index (χ2v) is 4.38. The highest BCUT2D eigenvalue weighted by atomic mass is 32.1. The van der Waals surface area contributed by atoms with E-state index in [1.54, 1.807) is 0 Å². The zero-order valence-electron chi connectivity index (χ0n) is 10.6. The molecule has 0 fully saturated rings. The minimum Gasteiger partial charge on any atom is -0.393 e. The van der Waals surface area contributed by atoms with Crippen LogP contribution < -0.4 is 5.73 Å². The Kier molecular flexibility index (Phi) is 6.31. The molecule has 0 aromatic carbocycles. The molecule has 1 aromatic heterocycles. The number of carbonyl (C=O) groups is 1. The highest BCUT2D eigenvalue weighted by molar-refractivity contribution is 7.80. The zero-order chi connectivity index (χ0) is 14.3. The number of thiocarbonyl (C=S) groups is 1. The SMILES string of the molecule is COCCN(CCC(N)=S)C(=O)c1ccncc1F. The number of halogens is 1. The van der Waals surface area contributed by atoms with Gasteiger partial charge in [0.1, 0.15) is 0 Å². The smallest absolute Gasteiger partial charge is 0.257 e. The molecular formula is C12H16FN3O2S. The van der Waals surface area contributed by atoms with Crippen LogP contribution in [0, 0.1) is 5.82 Å². The number of aromatic nitrogens is 1. The van der Waals surface area contributed by atoms with Crippen LogP contribution in [0.4, 0.5) is 4.39 Å². The van der Waals surface area contributed by atoms with Crippen LogP contribution in [0.25, 0.3) is 0 Å². The number of hydrogen-bond acceptors (Lipinski definition) is 4. The van der Waals surface area contributed by atoms with Crippen molar-refractivity contribution in [3.63, 3.8) is 0 Å². The molecule has 104 valence electrons. The lowest BCUT2D eigenvalue weighted by Gasteiger charge is -2.22. The van der Waals surface area contributed by atoms with Crippen LogP contribution in [-0.2, 0) is 4.74 Å². The van der Waals surface area contributed by atoms with Gasteiger partial charge in [-0.25, -0.2) is 4.39 Å². The molecule has 0 radical (unpaired) electrons. The summed E-state index contributed by atoms with van der Waals surface area (Å²) in [7, 11) is 1.53. The first-order valence-corrected chi connectivity index (χ1v) is 6.13. The summed E-state index contributed by atoms with van der Waals surface area (Å²) >= 11 is 4.78. The first-order chi connectivity index (χ1) is 9.06. The van der Waals surface area contributed by atoms with E-state index in [1.165, 1.54) is 24.3 Å². The lowest BCUT2D eigenvalue weighted by atomic mass is 10.2.